The Balaban J connectivity index is 2.97. The van der Waals surface area contributed by atoms with Crippen LogP contribution in [0.2, 0.25) is 0 Å². The largest absolute Gasteiger partial charge is 0.502 e. The van der Waals surface area contributed by atoms with Gasteiger partial charge in [0, 0.05) is 12.3 Å². The maximum absolute atomic E-state index is 12.3. The summed E-state index contributed by atoms with van der Waals surface area (Å²) in [4.78, 5) is 24.6. The Kier molecular flexibility index (Phi) is 6.06. The lowest BCUT2D eigenvalue weighted by atomic mass is 9.65. The first-order valence-corrected chi connectivity index (χ1v) is 7.08. The van der Waals surface area contributed by atoms with Crippen molar-refractivity contribution >= 4 is 11.8 Å². The van der Waals surface area contributed by atoms with Gasteiger partial charge in [0.2, 0.25) is 0 Å². The number of hydrogen-bond donors (Lipinski definition) is 0. The summed E-state index contributed by atoms with van der Waals surface area (Å²) in [5.74, 6) is -0.579. The van der Waals surface area contributed by atoms with Crippen LogP contribution in [0.3, 0.4) is 0 Å². The number of ether oxygens (including phenoxy) is 2. The highest BCUT2D eigenvalue weighted by Crippen LogP contribution is 2.41. The van der Waals surface area contributed by atoms with E-state index in [-0.39, 0.29) is 17.7 Å². The number of rotatable bonds is 6. The van der Waals surface area contributed by atoms with Crippen molar-refractivity contribution in [3.8, 4) is 0 Å². The molecule has 108 valence electrons. The zero-order chi connectivity index (χ0) is 14.3. The Morgan fingerprint density at radius 1 is 1.37 bits per heavy atom. The molecule has 1 fully saturated rings. The van der Waals surface area contributed by atoms with Crippen LogP contribution in [0, 0.1) is 11.3 Å². The van der Waals surface area contributed by atoms with Gasteiger partial charge in [0.15, 0.2) is 5.78 Å². The van der Waals surface area contributed by atoms with Gasteiger partial charge in [-0.2, -0.15) is 0 Å². The van der Waals surface area contributed by atoms with Crippen molar-refractivity contribution < 1.29 is 19.1 Å². The highest BCUT2D eigenvalue weighted by Gasteiger charge is 2.51. The van der Waals surface area contributed by atoms with Crippen LogP contribution in [0.25, 0.3) is 0 Å². The molecule has 2 atom stereocenters. The molecule has 0 amide bonds. The van der Waals surface area contributed by atoms with Gasteiger partial charge in [-0.25, -0.2) is 0 Å². The molecule has 0 aromatic heterocycles. The van der Waals surface area contributed by atoms with E-state index in [4.69, 9.17) is 9.47 Å². The van der Waals surface area contributed by atoms with Crippen molar-refractivity contribution in [1.82, 2.24) is 0 Å². The first-order chi connectivity index (χ1) is 9.09. The van der Waals surface area contributed by atoms with E-state index in [1.807, 2.05) is 13.8 Å². The predicted octanol–water partition coefficient (Wildman–Crippen LogP) is 2.87. The van der Waals surface area contributed by atoms with E-state index in [1.165, 1.54) is 0 Å². The van der Waals surface area contributed by atoms with Crippen LogP contribution in [0.1, 0.15) is 46.5 Å². The molecule has 0 unspecified atom stereocenters. The van der Waals surface area contributed by atoms with Gasteiger partial charge >= 0.3 is 5.97 Å². The summed E-state index contributed by atoms with van der Waals surface area (Å²) in [6.45, 7) is 6.41. The number of carbonyl (C=O) groups excluding carboxylic acids is 2. The van der Waals surface area contributed by atoms with Crippen LogP contribution >= 0.6 is 0 Å². The van der Waals surface area contributed by atoms with E-state index in [0.717, 1.165) is 12.8 Å². The standard InChI is InChI=1S/C15H24O4/c1-4-18-11-9-12(3)15(14(17)19-5-2)10-7-6-8-13(15)16/h9,11-12H,4-8,10H2,1-3H3/b11-9+/t12-,15-/m1/s1. The molecule has 0 N–H and O–H groups in total. The molecule has 0 aliphatic heterocycles. The average Bonchev–Trinajstić information content (AvgIpc) is 2.39. The van der Waals surface area contributed by atoms with Gasteiger partial charge in [0.25, 0.3) is 0 Å². The summed E-state index contributed by atoms with van der Waals surface area (Å²) >= 11 is 0. The van der Waals surface area contributed by atoms with Gasteiger partial charge in [0.1, 0.15) is 5.41 Å². The van der Waals surface area contributed by atoms with Gasteiger partial charge in [-0.15, -0.1) is 0 Å². The quantitative estimate of drug-likeness (QED) is 0.422. The minimum Gasteiger partial charge on any atom is -0.502 e. The molecule has 0 radical (unpaired) electrons. The van der Waals surface area contributed by atoms with E-state index in [0.29, 0.717) is 26.1 Å². The van der Waals surface area contributed by atoms with Crippen LogP contribution < -0.4 is 0 Å². The molecular formula is C15H24O4. The number of allylic oxidation sites excluding steroid dienone is 1. The van der Waals surface area contributed by atoms with E-state index >= 15 is 0 Å². The molecule has 0 heterocycles. The Morgan fingerprint density at radius 3 is 2.68 bits per heavy atom. The second-order valence-corrected chi connectivity index (χ2v) is 4.89. The Bertz CT molecular complexity index is 348. The third-order valence-electron chi connectivity index (χ3n) is 3.77. The zero-order valence-corrected chi connectivity index (χ0v) is 12.1. The molecule has 4 heteroatoms. The van der Waals surface area contributed by atoms with Crippen molar-refractivity contribution in [3.63, 3.8) is 0 Å². The van der Waals surface area contributed by atoms with Crippen LogP contribution in [-0.2, 0) is 19.1 Å². The molecular weight excluding hydrogens is 244 g/mol. The smallest absolute Gasteiger partial charge is 0.320 e. The zero-order valence-electron chi connectivity index (χ0n) is 12.1. The molecule has 4 nitrogen and oxygen atoms in total. The number of ketones is 1. The van der Waals surface area contributed by atoms with E-state index < -0.39 is 5.41 Å². The number of esters is 1. The lowest BCUT2D eigenvalue weighted by Gasteiger charge is -2.36. The summed E-state index contributed by atoms with van der Waals surface area (Å²) in [5.41, 5.74) is -1.01. The molecule has 0 bridgehead atoms. The van der Waals surface area contributed by atoms with Gasteiger partial charge in [0.05, 0.1) is 19.5 Å². The Morgan fingerprint density at radius 2 is 2.11 bits per heavy atom. The van der Waals surface area contributed by atoms with Gasteiger partial charge in [-0.1, -0.05) is 13.3 Å². The first kappa shape index (κ1) is 15.7. The van der Waals surface area contributed by atoms with Crippen molar-refractivity contribution in [3.05, 3.63) is 12.3 Å². The lowest BCUT2D eigenvalue weighted by Crippen LogP contribution is -2.47. The van der Waals surface area contributed by atoms with E-state index in [1.54, 1.807) is 19.3 Å². The normalized spacial score (nSPS) is 25.3. The molecule has 1 saturated carbocycles. The Hall–Kier alpha value is -1.32. The van der Waals surface area contributed by atoms with E-state index in [2.05, 4.69) is 0 Å². The van der Waals surface area contributed by atoms with E-state index in [9.17, 15) is 9.59 Å². The molecule has 1 rings (SSSR count). The second-order valence-electron chi connectivity index (χ2n) is 4.89. The van der Waals surface area contributed by atoms with Crippen LogP contribution in [0.15, 0.2) is 12.3 Å². The average molecular weight is 268 g/mol. The molecule has 0 aromatic rings. The molecule has 1 aliphatic carbocycles. The third-order valence-corrected chi connectivity index (χ3v) is 3.77. The van der Waals surface area contributed by atoms with Crippen molar-refractivity contribution in [2.45, 2.75) is 46.5 Å². The maximum atomic E-state index is 12.3. The fourth-order valence-electron chi connectivity index (χ4n) is 2.63. The summed E-state index contributed by atoms with van der Waals surface area (Å²) in [5, 5.41) is 0. The van der Waals surface area contributed by atoms with Crippen molar-refractivity contribution in [2.24, 2.45) is 11.3 Å². The van der Waals surface area contributed by atoms with Crippen LogP contribution in [0.5, 0.6) is 0 Å². The number of Topliss-reactive ketones (excluding diaryl/α,β-unsaturated/α-hetero) is 1. The number of carbonyl (C=O) groups is 2. The Labute approximate surface area is 115 Å². The van der Waals surface area contributed by atoms with Crippen molar-refractivity contribution in [1.29, 1.82) is 0 Å². The van der Waals surface area contributed by atoms with Crippen molar-refractivity contribution in [2.75, 3.05) is 13.2 Å². The second kappa shape index (κ2) is 7.31. The highest BCUT2D eigenvalue weighted by atomic mass is 16.5. The minimum atomic E-state index is -1.01. The first-order valence-electron chi connectivity index (χ1n) is 7.08. The summed E-state index contributed by atoms with van der Waals surface area (Å²) < 4.78 is 10.3. The number of hydrogen-bond acceptors (Lipinski definition) is 4. The fourth-order valence-corrected chi connectivity index (χ4v) is 2.63. The molecule has 0 aromatic carbocycles. The van der Waals surface area contributed by atoms with Gasteiger partial charge in [-0.05, 0) is 32.8 Å². The van der Waals surface area contributed by atoms with Gasteiger partial charge in [-0.3, -0.25) is 9.59 Å². The maximum Gasteiger partial charge on any atom is 0.320 e. The molecule has 0 saturated heterocycles. The molecule has 1 aliphatic rings. The minimum absolute atomic E-state index is 0.00542. The summed E-state index contributed by atoms with van der Waals surface area (Å²) in [6.07, 6.45) is 6.16. The fraction of sp³-hybridized carbons (Fsp3) is 0.733. The highest BCUT2D eigenvalue weighted by molar-refractivity contribution is 6.04. The van der Waals surface area contributed by atoms with Crippen LogP contribution in [-0.4, -0.2) is 25.0 Å². The summed E-state index contributed by atoms with van der Waals surface area (Å²) in [7, 11) is 0. The topological polar surface area (TPSA) is 52.6 Å². The third kappa shape index (κ3) is 3.37. The van der Waals surface area contributed by atoms with Gasteiger partial charge < -0.3 is 9.47 Å². The summed E-state index contributed by atoms with van der Waals surface area (Å²) in [6, 6.07) is 0. The molecule has 19 heavy (non-hydrogen) atoms. The molecule has 0 spiro atoms. The SMILES string of the molecule is CCO/C=C/[C@@H](C)[C@]1(C(=O)OCC)CCCCC1=O. The monoisotopic (exact) mass is 268 g/mol. The predicted molar refractivity (Wildman–Crippen MR) is 72.5 cm³/mol. The van der Waals surface area contributed by atoms with Crippen LogP contribution in [0.4, 0.5) is 0 Å². The lowest BCUT2D eigenvalue weighted by molar-refractivity contribution is -0.165.